The van der Waals surface area contributed by atoms with Crippen LogP contribution in [0.5, 0.6) is 0 Å². The van der Waals surface area contributed by atoms with Crippen molar-refractivity contribution >= 4 is 0 Å². The number of nitrogens with zero attached hydrogens (tertiary/aromatic N) is 1. The molecule has 0 spiro atoms. The topological polar surface area (TPSA) is 38.1 Å². The van der Waals surface area contributed by atoms with Gasteiger partial charge in [0.15, 0.2) is 0 Å². The Morgan fingerprint density at radius 1 is 1.33 bits per heavy atom. The van der Waals surface area contributed by atoms with E-state index in [2.05, 4.69) is 24.1 Å². The second-order valence-corrected chi connectivity index (χ2v) is 6.22. The second-order valence-electron chi connectivity index (χ2n) is 6.22. The summed E-state index contributed by atoms with van der Waals surface area (Å²) in [5, 5.41) is 3.18. The molecule has 120 valence electrons. The number of hydrogen-bond acceptors (Lipinski definition) is 3. The predicted molar refractivity (Wildman–Crippen MR) is 73.8 cm³/mol. The first-order valence-electron chi connectivity index (χ1n) is 7.60. The Bertz CT molecular complexity index is 442. The highest BCUT2D eigenvalue weighted by Gasteiger charge is 2.47. The van der Waals surface area contributed by atoms with Gasteiger partial charge in [-0.1, -0.05) is 26.7 Å². The van der Waals surface area contributed by atoms with Crippen molar-refractivity contribution in [1.82, 2.24) is 10.3 Å². The summed E-state index contributed by atoms with van der Waals surface area (Å²) >= 11 is 0. The average Bonchev–Trinajstić information content (AvgIpc) is 2.86. The van der Waals surface area contributed by atoms with Crippen molar-refractivity contribution in [2.24, 2.45) is 11.8 Å². The lowest BCUT2D eigenvalue weighted by Crippen LogP contribution is -2.31. The van der Waals surface area contributed by atoms with Gasteiger partial charge < -0.3 is 9.73 Å². The van der Waals surface area contributed by atoms with E-state index in [1.54, 1.807) is 0 Å². The highest BCUT2D eigenvalue weighted by atomic mass is 19.4. The van der Waals surface area contributed by atoms with E-state index in [1.807, 2.05) is 0 Å². The van der Waals surface area contributed by atoms with Gasteiger partial charge in [-0.2, -0.15) is 13.2 Å². The summed E-state index contributed by atoms with van der Waals surface area (Å²) < 4.78 is 44.9. The molecule has 1 aromatic rings. The van der Waals surface area contributed by atoms with Crippen molar-refractivity contribution in [3.63, 3.8) is 0 Å². The minimum Gasteiger partial charge on any atom is -0.444 e. The Morgan fingerprint density at radius 3 is 2.71 bits per heavy atom. The van der Waals surface area contributed by atoms with Crippen LogP contribution in [0.4, 0.5) is 13.2 Å². The van der Waals surface area contributed by atoms with Crippen LogP contribution in [-0.4, -0.2) is 17.7 Å². The van der Waals surface area contributed by atoms with Gasteiger partial charge in [0, 0.05) is 5.92 Å². The summed E-state index contributed by atoms with van der Waals surface area (Å²) in [6, 6.07) is 0. The van der Waals surface area contributed by atoms with Crippen LogP contribution in [0.3, 0.4) is 0 Å². The summed E-state index contributed by atoms with van der Waals surface area (Å²) in [5.74, 6) is -0.510. The van der Waals surface area contributed by atoms with E-state index < -0.39 is 18.0 Å². The first-order valence-corrected chi connectivity index (χ1v) is 7.60. The molecule has 6 heteroatoms. The fourth-order valence-corrected chi connectivity index (χ4v) is 2.91. The molecule has 0 amide bonds. The third kappa shape index (κ3) is 4.46. The van der Waals surface area contributed by atoms with Gasteiger partial charge in [-0.05, 0) is 25.3 Å². The molecule has 2 atom stereocenters. The Kier molecular flexibility index (Phi) is 5.30. The van der Waals surface area contributed by atoms with Crippen molar-refractivity contribution < 1.29 is 17.6 Å². The minimum atomic E-state index is -4.16. The van der Waals surface area contributed by atoms with E-state index in [0.717, 1.165) is 13.0 Å². The molecule has 1 aliphatic rings. The lowest BCUT2D eigenvalue weighted by atomic mass is 9.77. The second kappa shape index (κ2) is 6.81. The highest BCUT2D eigenvalue weighted by Crippen LogP contribution is 2.46. The number of aromatic nitrogens is 1. The van der Waals surface area contributed by atoms with E-state index in [4.69, 9.17) is 4.42 Å². The van der Waals surface area contributed by atoms with Crippen LogP contribution >= 0.6 is 0 Å². The summed E-state index contributed by atoms with van der Waals surface area (Å²) in [6.45, 7) is 5.46. The maximum atomic E-state index is 13.1. The minimum absolute atomic E-state index is 0.190. The molecule has 1 N–H and O–H groups in total. The van der Waals surface area contributed by atoms with Gasteiger partial charge in [-0.15, -0.1) is 0 Å². The molecule has 21 heavy (non-hydrogen) atoms. The van der Waals surface area contributed by atoms with E-state index in [1.165, 1.54) is 6.20 Å². The molecular formula is C15H23F3N2O. The van der Waals surface area contributed by atoms with Gasteiger partial charge in [0.1, 0.15) is 5.76 Å². The van der Waals surface area contributed by atoms with Gasteiger partial charge in [-0.25, -0.2) is 4.98 Å². The SMILES string of the molecule is CC(C)CNCc1ncc(C2CCCCC2C(F)(F)F)o1. The molecule has 1 fully saturated rings. The van der Waals surface area contributed by atoms with Crippen molar-refractivity contribution in [3.8, 4) is 0 Å². The number of hydrogen-bond donors (Lipinski definition) is 1. The third-order valence-corrected chi connectivity index (χ3v) is 3.95. The van der Waals surface area contributed by atoms with E-state index in [0.29, 0.717) is 37.0 Å². The summed E-state index contributed by atoms with van der Waals surface area (Å²) in [5.41, 5.74) is 0. The van der Waals surface area contributed by atoms with E-state index >= 15 is 0 Å². The third-order valence-electron chi connectivity index (χ3n) is 3.95. The van der Waals surface area contributed by atoms with Gasteiger partial charge >= 0.3 is 6.18 Å². The van der Waals surface area contributed by atoms with Crippen molar-refractivity contribution in [1.29, 1.82) is 0 Å². The van der Waals surface area contributed by atoms with Gasteiger partial charge in [-0.3, -0.25) is 0 Å². The molecule has 0 saturated heterocycles. The molecule has 0 radical (unpaired) electrons. The maximum absolute atomic E-state index is 13.1. The number of alkyl halides is 3. The number of rotatable bonds is 5. The molecule has 2 unspecified atom stereocenters. The summed E-state index contributed by atoms with van der Waals surface area (Å²) in [7, 11) is 0. The molecule has 1 aliphatic carbocycles. The zero-order valence-electron chi connectivity index (χ0n) is 12.5. The number of nitrogens with one attached hydrogen (secondary N) is 1. The van der Waals surface area contributed by atoms with E-state index in [-0.39, 0.29) is 6.42 Å². The van der Waals surface area contributed by atoms with Crippen LogP contribution < -0.4 is 5.32 Å². The molecular weight excluding hydrogens is 281 g/mol. The Balaban J connectivity index is 2.01. The number of halogens is 3. The van der Waals surface area contributed by atoms with Gasteiger partial charge in [0.2, 0.25) is 5.89 Å². The quantitative estimate of drug-likeness (QED) is 0.883. The Morgan fingerprint density at radius 2 is 2.05 bits per heavy atom. The van der Waals surface area contributed by atoms with Crippen molar-refractivity contribution in [2.75, 3.05) is 6.54 Å². The van der Waals surface area contributed by atoms with E-state index in [9.17, 15) is 13.2 Å². The largest absolute Gasteiger partial charge is 0.444 e. The Labute approximate surface area is 123 Å². The van der Waals surface area contributed by atoms with Gasteiger partial charge in [0.25, 0.3) is 0 Å². The van der Waals surface area contributed by atoms with Crippen molar-refractivity contribution in [2.45, 2.75) is 58.2 Å². The number of oxazole rings is 1. The van der Waals surface area contributed by atoms with Crippen LogP contribution in [-0.2, 0) is 6.54 Å². The predicted octanol–water partition coefficient (Wildman–Crippen LogP) is 4.26. The Hall–Kier alpha value is -1.04. The zero-order chi connectivity index (χ0) is 15.5. The monoisotopic (exact) mass is 304 g/mol. The lowest BCUT2D eigenvalue weighted by Gasteiger charge is -2.31. The molecule has 0 aliphatic heterocycles. The first-order chi connectivity index (χ1) is 9.88. The smallest absolute Gasteiger partial charge is 0.392 e. The standard InChI is InChI=1S/C15H23F3N2O/c1-10(2)7-19-9-14-20-8-13(21-14)11-5-3-4-6-12(11)15(16,17)18/h8,10-12,19H,3-7,9H2,1-2H3. The fraction of sp³-hybridized carbons (Fsp3) is 0.800. The van der Waals surface area contributed by atoms with Crippen LogP contribution in [0.15, 0.2) is 10.6 Å². The summed E-state index contributed by atoms with van der Waals surface area (Å²) in [4.78, 5) is 4.11. The van der Waals surface area contributed by atoms with Crippen LogP contribution in [0, 0.1) is 11.8 Å². The van der Waals surface area contributed by atoms with Crippen molar-refractivity contribution in [3.05, 3.63) is 17.8 Å². The molecule has 0 aromatic carbocycles. The average molecular weight is 304 g/mol. The molecule has 2 rings (SSSR count). The molecule has 0 bridgehead atoms. The zero-order valence-corrected chi connectivity index (χ0v) is 12.5. The summed E-state index contributed by atoms with van der Waals surface area (Å²) in [6.07, 6.45) is -0.514. The first kappa shape index (κ1) is 16.3. The van der Waals surface area contributed by atoms with Crippen LogP contribution in [0.25, 0.3) is 0 Å². The fourth-order valence-electron chi connectivity index (χ4n) is 2.91. The molecule has 1 aromatic heterocycles. The maximum Gasteiger partial charge on any atom is 0.392 e. The van der Waals surface area contributed by atoms with Gasteiger partial charge in [0.05, 0.1) is 18.7 Å². The molecule has 1 saturated carbocycles. The molecule has 1 heterocycles. The van der Waals surface area contributed by atoms with Crippen LogP contribution in [0.1, 0.15) is 57.1 Å². The highest BCUT2D eigenvalue weighted by molar-refractivity contribution is 5.06. The van der Waals surface area contributed by atoms with Crippen LogP contribution in [0.2, 0.25) is 0 Å². The molecule has 3 nitrogen and oxygen atoms in total. The lowest BCUT2D eigenvalue weighted by molar-refractivity contribution is -0.188. The normalized spacial score (nSPS) is 23.7.